The highest BCUT2D eigenvalue weighted by atomic mass is 16.5. The number of piperidine rings is 1. The van der Waals surface area contributed by atoms with Gasteiger partial charge < -0.3 is 29.2 Å². The van der Waals surface area contributed by atoms with E-state index in [1.165, 1.54) is 0 Å². The lowest BCUT2D eigenvalue weighted by Crippen LogP contribution is -2.46. The lowest BCUT2D eigenvalue weighted by atomic mass is 10.1. The zero-order valence-corrected chi connectivity index (χ0v) is 18.4. The maximum absolute atomic E-state index is 5.95. The summed E-state index contributed by atoms with van der Waals surface area (Å²) in [4.78, 5) is 6.75. The Morgan fingerprint density at radius 2 is 1.93 bits per heavy atom. The fourth-order valence-corrected chi connectivity index (χ4v) is 3.35. The van der Waals surface area contributed by atoms with Crippen LogP contribution in [0.4, 0.5) is 0 Å². The highest BCUT2D eigenvalue weighted by Gasteiger charge is 2.21. The lowest BCUT2D eigenvalue weighted by Gasteiger charge is -2.34. The van der Waals surface area contributed by atoms with Crippen molar-refractivity contribution >= 4 is 5.96 Å². The second kappa shape index (κ2) is 13.3. The number of guanidine groups is 1. The first kappa shape index (κ1) is 23.3. The summed E-state index contributed by atoms with van der Waals surface area (Å²) in [6.45, 7) is 6.88. The third kappa shape index (κ3) is 7.74. The molecule has 1 heterocycles. The average Bonchev–Trinajstić information content (AvgIpc) is 2.77. The number of benzene rings is 1. The second-order valence-corrected chi connectivity index (χ2v) is 7.14. The molecule has 0 saturated carbocycles. The third-order valence-electron chi connectivity index (χ3n) is 4.94. The van der Waals surface area contributed by atoms with Gasteiger partial charge in [-0.1, -0.05) is 13.0 Å². The van der Waals surface area contributed by atoms with E-state index in [1.807, 2.05) is 19.2 Å². The molecule has 1 aliphatic heterocycles. The number of hydrogen-bond acceptors (Lipinski definition) is 5. The number of hydrogen-bond donors (Lipinski definition) is 1. The van der Waals surface area contributed by atoms with Gasteiger partial charge in [0.2, 0.25) is 0 Å². The molecule has 0 aromatic heterocycles. The Bertz CT molecular complexity index is 616. The Kier molecular flexibility index (Phi) is 10.7. The zero-order valence-electron chi connectivity index (χ0n) is 18.4. The Balaban J connectivity index is 1.80. The Labute approximate surface area is 175 Å². The number of aliphatic imine (C=N–C) groups is 1. The molecule has 7 heteroatoms. The smallest absolute Gasteiger partial charge is 0.193 e. The van der Waals surface area contributed by atoms with E-state index in [2.05, 4.69) is 28.2 Å². The van der Waals surface area contributed by atoms with E-state index in [4.69, 9.17) is 18.9 Å². The number of likely N-dealkylation sites (tertiary alicyclic amines) is 1. The van der Waals surface area contributed by atoms with Crippen LogP contribution in [-0.4, -0.2) is 71.1 Å². The maximum Gasteiger partial charge on any atom is 0.193 e. The van der Waals surface area contributed by atoms with Gasteiger partial charge in [0, 0.05) is 47.0 Å². The van der Waals surface area contributed by atoms with Gasteiger partial charge >= 0.3 is 0 Å². The van der Waals surface area contributed by atoms with Crippen LogP contribution in [0.2, 0.25) is 0 Å². The van der Waals surface area contributed by atoms with Gasteiger partial charge in [0.1, 0.15) is 0 Å². The monoisotopic (exact) mass is 407 g/mol. The van der Waals surface area contributed by atoms with E-state index in [9.17, 15) is 0 Å². The molecule has 1 saturated heterocycles. The van der Waals surface area contributed by atoms with Gasteiger partial charge in [-0.3, -0.25) is 4.99 Å². The standard InChI is InChI=1S/C22H37N3O4/c1-5-13-29-20-8-7-18(16-21(20)27-4)17-24-22(23-2)25-11-9-19(10-12-25)28-15-6-14-26-3/h7-8,16,19H,5-6,9-15,17H2,1-4H3,(H,23,24). The Hall–Kier alpha value is -1.99. The summed E-state index contributed by atoms with van der Waals surface area (Å²) in [6.07, 6.45) is 4.29. The van der Waals surface area contributed by atoms with Crippen LogP contribution in [0.5, 0.6) is 11.5 Å². The normalized spacial score (nSPS) is 15.4. The zero-order chi connectivity index (χ0) is 20.9. The Morgan fingerprint density at radius 1 is 1.14 bits per heavy atom. The topological polar surface area (TPSA) is 64.6 Å². The fraction of sp³-hybridized carbons (Fsp3) is 0.682. The molecule has 0 bridgehead atoms. The Morgan fingerprint density at radius 3 is 2.59 bits per heavy atom. The summed E-state index contributed by atoms with van der Waals surface area (Å²) in [5.41, 5.74) is 1.13. The van der Waals surface area contributed by atoms with E-state index in [1.54, 1.807) is 14.2 Å². The molecule has 0 radical (unpaired) electrons. The summed E-state index contributed by atoms with van der Waals surface area (Å²) in [5, 5.41) is 3.47. The summed E-state index contributed by atoms with van der Waals surface area (Å²) >= 11 is 0. The molecule has 2 rings (SSSR count). The van der Waals surface area contributed by atoms with Crippen molar-refractivity contribution in [2.75, 3.05) is 54.2 Å². The first-order valence-electron chi connectivity index (χ1n) is 10.6. The molecule has 0 atom stereocenters. The van der Waals surface area contributed by atoms with Crippen LogP contribution in [0.3, 0.4) is 0 Å². The minimum atomic E-state index is 0.334. The van der Waals surface area contributed by atoms with Gasteiger partial charge in [-0.2, -0.15) is 0 Å². The molecule has 1 aliphatic rings. The average molecular weight is 408 g/mol. The van der Waals surface area contributed by atoms with Crippen LogP contribution in [0, 0.1) is 0 Å². The highest BCUT2D eigenvalue weighted by molar-refractivity contribution is 5.80. The van der Waals surface area contributed by atoms with Gasteiger partial charge in [0.15, 0.2) is 17.5 Å². The molecule has 0 aliphatic carbocycles. The summed E-state index contributed by atoms with van der Waals surface area (Å²) in [6, 6.07) is 6.06. The molecule has 0 spiro atoms. The van der Waals surface area contributed by atoms with E-state index in [0.717, 1.165) is 75.0 Å². The SMILES string of the molecule is CCCOc1ccc(CNC(=NC)N2CCC(OCCCOC)CC2)cc1OC. The molecule has 1 fully saturated rings. The summed E-state index contributed by atoms with van der Waals surface area (Å²) in [5.74, 6) is 2.47. The van der Waals surface area contributed by atoms with Crippen LogP contribution in [0.15, 0.2) is 23.2 Å². The van der Waals surface area contributed by atoms with Crippen LogP contribution in [0.1, 0.15) is 38.2 Å². The molecule has 1 aromatic carbocycles. The van der Waals surface area contributed by atoms with Crippen molar-refractivity contribution in [3.05, 3.63) is 23.8 Å². The van der Waals surface area contributed by atoms with Gasteiger partial charge in [0.25, 0.3) is 0 Å². The predicted octanol–water partition coefficient (Wildman–Crippen LogP) is 3.08. The molecular formula is C22H37N3O4. The lowest BCUT2D eigenvalue weighted by molar-refractivity contribution is 0.00989. The van der Waals surface area contributed by atoms with Gasteiger partial charge in [-0.15, -0.1) is 0 Å². The maximum atomic E-state index is 5.95. The second-order valence-electron chi connectivity index (χ2n) is 7.14. The minimum Gasteiger partial charge on any atom is -0.493 e. The van der Waals surface area contributed by atoms with Crippen molar-refractivity contribution in [1.82, 2.24) is 10.2 Å². The molecule has 1 aromatic rings. The van der Waals surface area contributed by atoms with E-state index >= 15 is 0 Å². The highest BCUT2D eigenvalue weighted by Crippen LogP contribution is 2.28. The number of nitrogens with one attached hydrogen (secondary N) is 1. The molecule has 29 heavy (non-hydrogen) atoms. The fourth-order valence-electron chi connectivity index (χ4n) is 3.35. The van der Waals surface area contributed by atoms with Gasteiger partial charge in [0.05, 0.1) is 19.8 Å². The van der Waals surface area contributed by atoms with Crippen molar-refractivity contribution in [3.63, 3.8) is 0 Å². The third-order valence-corrected chi connectivity index (χ3v) is 4.94. The van der Waals surface area contributed by atoms with Crippen molar-refractivity contribution in [2.24, 2.45) is 4.99 Å². The van der Waals surface area contributed by atoms with E-state index in [0.29, 0.717) is 19.3 Å². The van der Waals surface area contributed by atoms with Crippen LogP contribution in [0.25, 0.3) is 0 Å². The number of rotatable bonds is 11. The minimum absolute atomic E-state index is 0.334. The van der Waals surface area contributed by atoms with Crippen LogP contribution >= 0.6 is 0 Å². The predicted molar refractivity (Wildman–Crippen MR) is 116 cm³/mol. The van der Waals surface area contributed by atoms with Crippen molar-refractivity contribution < 1.29 is 18.9 Å². The molecule has 7 nitrogen and oxygen atoms in total. The molecule has 0 amide bonds. The summed E-state index contributed by atoms with van der Waals surface area (Å²) in [7, 11) is 5.23. The van der Waals surface area contributed by atoms with E-state index < -0.39 is 0 Å². The number of ether oxygens (including phenoxy) is 4. The van der Waals surface area contributed by atoms with E-state index in [-0.39, 0.29) is 0 Å². The number of methoxy groups -OCH3 is 2. The molecule has 0 unspecified atom stereocenters. The number of nitrogens with zero attached hydrogens (tertiary/aromatic N) is 2. The first-order valence-corrected chi connectivity index (χ1v) is 10.6. The van der Waals surface area contributed by atoms with Crippen LogP contribution < -0.4 is 14.8 Å². The van der Waals surface area contributed by atoms with Gasteiger partial charge in [-0.05, 0) is 43.4 Å². The summed E-state index contributed by atoms with van der Waals surface area (Å²) < 4.78 is 22.2. The molecular weight excluding hydrogens is 370 g/mol. The van der Waals surface area contributed by atoms with Crippen LogP contribution in [-0.2, 0) is 16.0 Å². The molecule has 164 valence electrons. The van der Waals surface area contributed by atoms with Crippen molar-refractivity contribution in [3.8, 4) is 11.5 Å². The van der Waals surface area contributed by atoms with Crippen molar-refractivity contribution in [2.45, 2.75) is 45.3 Å². The molecule has 1 N–H and O–H groups in total. The first-order chi connectivity index (χ1) is 14.2. The van der Waals surface area contributed by atoms with Gasteiger partial charge in [-0.25, -0.2) is 0 Å². The largest absolute Gasteiger partial charge is 0.493 e. The quantitative estimate of drug-likeness (QED) is 0.346. The van der Waals surface area contributed by atoms with Crippen molar-refractivity contribution in [1.29, 1.82) is 0 Å².